The number of aromatic nitrogens is 1. The second-order valence-electron chi connectivity index (χ2n) is 4.30. The number of rotatable bonds is 6. The molecule has 0 saturated carbocycles. The molecule has 2 aromatic rings. The number of carboxylic acid groups (broad SMARTS) is 1. The first-order valence-corrected chi connectivity index (χ1v) is 7.98. The van der Waals surface area contributed by atoms with Gasteiger partial charge in [-0.25, -0.2) is 0 Å². The number of pyridine rings is 1. The molecule has 5 heteroatoms. The molecule has 0 spiro atoms. The molecule has 2 rings (SSSR count). The number of hydrogen-bond donors (Lipinski definition) is 1. The third-order valence-corrected chi connectivity index (χ3v) is 4.46. The number of thioether (sulfide) groups is 1. The lowest BCUT2D eigenvalue weighted by molar-refractivity contribution is -0.136. The maximum atomic E-state index is 11.3. The lowest BCUT2D eigenvalue weighted by Gasteiger charge is -2.12. The van der Waals surface area contributed by atoms with Gasteiger partial charge in [-0.1, -0.05) is 30.3 Å². The minimum atomic E-state index is -0.782. The summed E-state index contributed by atoms with van der Waals surface area (Å²) in [6, 6.07) is 13.5. The monoisotopic (exact) mass is 351 g/mol. The van der Waals surface area contributed by atoms with E-state index in [1.54, 1.807) is 6.20 Å². The molecule has 104 valence electrons. The van der Waals surface area contributed by atoms with E-state index in [1.165, 1.54) is 11.8 Å². The Morgan fingerprint density at radius 3 is 2.60 bits per heavy atom. The van der Waals surface area contributed by atoms with Crippen molar-refractivity contribution in [3.05, 3.63) is 64.4 Å². The molecule has 0 fully saturated rings. The van der Waals surface area contributed by atoms with Gasteiger partial charge < -0.3 is 5.11 Å². The molecule has 1 heterocycles. The van der Waals surface area contributed by atoms with Crippen molar-refractivity contribution in [1.29, 1.82) is 0 Å². The van der Waals surface area contributed by atoms with Crippen molar-refractivity contribution in [2.75, 3.05) is 0 Å². The van der Waals surface area contributed by atoms with Gasteiger partial charge in [-0.05, 0) is 40.0 Å². The molecule has 0 saturated heterocycles. The van der Waals surface area contributed by atoms with Gasteiger partial charge in [0.2, 0.25) is 0 Å². The van der Waals surface area contributed by atoms with Crippen LogP contribution in [0.4, 0.5) is 0 Å². The van der Waals surface area contributed by atoms with Crippen LogP contribution in [0.15, 0.2) is 53.1 Å². The van der Waals surface area contributed by atoms with E-state index in [0.29, 0.717) is 12.2 Å². The smallest absolute Gasteiger partial charge is 0.316 e. The van der Waals surface area contributed by atoms with E-state index >= 15 is 0 Å². The van der Waals surface area contributed by atoms with Gasteiger partial charge in [-0.15, -0.1) is 11.8 Å². The van der Waals surface area contributed by atoms with Crippen molar-refractivity contribution < 1.29 is 9.90 Å². The van der Waals surface area contributed by atoms with Gasteiger partial charge in [0.25, 0.3) is 0 Å². The topological polar surface area (TPSA) is 50.2 Å². The summed E-state index contributed by atoms with van der Waals surface area (Å²) in [5.74, 6) is -0.187. The average molecular weight is 352 g/mol. The van der Waals surface area contributed by atoms with Crippen LogP contribution in [0, 0.1) is 0 Å². The number of hydrogen-bond acceptors (Lipinski definition) is 3. The highest BCUT2D eigenvalue weighted by Gasteiger charge is 2.18. The number of carboxylic acids is 1. The fourth-order valence-electron chi connectivity index (χ4n) is 1.72. The fraction of sp³-hybridized carbons (Fsp3) is 0.200. The van der Waals surface area contributed by atoms with E-state index in [0.717, 1.165) is 15.7 Å². The lowest BCUT2D eigenvalue weighted by Crippen LogP contribution is -2.19. The molecule has 1 atom stereocenters. The molecule has 20 heavy (non-hydrogen) atoms. The Morgan fingerprint density at radius 2 is 2.00 bits per heavy atom. The molecule has 1 aromatic carbocycles. The van der Waals surface area contributed by atoms with Gasteiger partial charge in [0.1, 0.15) is 5.25 Å². The standard InChI is InChI=1S/C15H14BrNO2S/c16-12-6-7-13(17-9-12)10-20-14(15(18)19)8-11-4-2-1-3-5-11/h1-7,9,14H,8,10H2,(H,18,19). The highest BCUT2D eigenvalue weighted by Crippen LogP contribution is 2.21. The van der Waals surface area contributed by atoms with Gasteiger partial charge in [0.15, 0.2) is 0 Å². The van der Waals surface area contributed by atoms with Crippen LogP contribution >= 0.6 is 27.7 Å². The van der Waals surface area contributed by atoms with Crippen LogP contribution in [-0.4, -0.2) is 21.3 Å². The predicted molar refractivity (Wildman–Crippen MR) is 84.8 cm³/mol. The molecule has 0 radical (unpaired) electrons. The third-order valence-electron chi connectivity index (χ3n) is 2.76. The van der Waals surface area contributed by atoms with Crippen LogP contribution in [0.2, 0.25) is 0 Å². The SMILES string of the molecule is O=C(O)C(Cc1ccccc1)SCc1ccc(Br)cn1. The zero-order valence-electron chi connectivity index (χ0n) is 10.7. The molecule has 1 N–H and O–H groups in total. The average Bonchev–Trinajstić information content (AvgIpc) is 2.46. The first kappa shape index (κ1) is 15.1. The van der Waals surface area contributed by atoms with Crippen molar-refractivity contribution in [2.45, 2.75) is 17.4 Å². The third kappa shape index (κ3) is 4.65. The van der Waals surface area contributed by atoms with Gasteiger partial charge in [0, 0.05) is 16.4 Å². The first-order valence-electron chi connectivity index (χ1n) is 6.14. The molecular weight excluding hydrogens is 338 g/mol. The number of carbonyl (C=O) groups is 1. The number of nitrogens with zero attached hydrogens (tertiary/aromatic N) is 1. The van der Waals surface area contributed by atoms with Gasteiger partial charge >= 0.3 is 5.97 Å². The summed E-state index contributed by atoms with van der Waals surface area (Å²) in [4.78, 5) is 15.6. The van der Waals surface area contributed by atoms with Crippen molar-refractivity contribution in [3.8, 4) is 0 Å². The zero-order valence-corrected chi connectivity index (χ0v) is 13.1. The van der Waals surface area contributed by atoms with Crippen LogP contribution in [0.3, 0.4) is 0 Å². The molecule has 0 bridgehead atoms. The second-order valence-corrected chi connectivity index (χ2v) is 6.40. The highest BCUT2D eigenvalue weighted by molar-refractivity contribution is 9.10. The van der Waals surface area contributed by atoms with E-state index in [2.05, 4.69) is 20.9 Å². The molecule has 0 amide bonds. The van der Waals surface area contributed by atoms with Crippen LogP contribution in [0.5, 0.6) is 0 Å². The molecule has 0 aliphatic carbocycles. The summed E-state index contributed by atoms with van der Waals surface area (Å²) in [5, 5.41) is 8.85. The van der Waals surface area contributed by atoms with E-state index in [1.807, 2.05) is 42.5 Å². The minimum absolute atomic E-state index is 0.456. The summed E-state index contributed by atoms with van der Waals surface area (Å²) in [6.45, 7) is 0. The number of benzene rings is 1. The predicted octanol–water partition coefficient (Wildman–Crippen LogP) is 3.77. The quantitative estimate of drug-likeness (QED) is 0.860. The summed E-state index contributed by atoms with van der Waals surface area (Å²) >= 11 is 4.74. The summed E-state index contributed by atoms with van der Waals surface area (Å²) in [6.07, 6.45) is 2.25. The molecule has 3 nitrogen and oxygen atoms in total. The Balaban J connectivity index is 1.96. The molecule has 0 aliphatic rings. The van der Waals surface area contributed by atoms with Crippen molar-refractivity contribution in [3.63, 3.8) is 0 Å². The highest BCUT2D eigenvalue weighted by atomic mass is 79.9. The van der Waals surface area contributed by atoms with Crippen molar-refractivity contribution >= 4 is 33.7 Å². The van der Waals surface area contributed by atoms with Gasteiger partial charge in [0.05, 0.1) is 5.69 Å². The lowest BCUT2D eigenvalue weighted by atomic mass is 10.1. The molecular formula is C15H14BrNO2S. The summed E-state index contributed by atoms with van der Waals surface area (Å²) in [7, 11) is 0. The van der Waals surface area contributed by atoms with Crippen molar-refractivity contribution in [2.24, 2.45) is 0 Å². The Bertz CT molecular complexity index is 560. The molecule has 0 aliphatic heterocycles. The van der Waals surface area contributed by atoms with Gasteiger partial charge in [-0.2, -0.15) is 0 Å². The summed E-state index contributed by atoms with van der Waals surface area (Å²) < 4.78 is 0.922. The Kier molecular flexibility index (Phi) is 5.61. The zero-order chi connectivity index (χ0) is 14.4. The largest absolute Gasteiger partial charge is 0.480 e. The van der Waals surface area contributed by atoms with E-state index in [4.69, 9.17) is 0 Å². The Labute approximate surface area is 130 Å². The van der Waals surface area contributed by atoms with Crippen LogP contribution in [0.25, 0.3) is 0 Å². The van der Waals surface area contributed by atoms with E-state index in [-0.39, 0.29) is 0 Å². The van der Waals surface area contributed by atoms with Crippen LogP contribution in [0.1, 0.15) is 11.3 Å². The first-order chi connectivity index (χ1) is 9.65. The van der Waals surface area contributed by atoms with Gasteiger partial charge in [-0.3, -0.25) is 9.78 Å². The fourth-order valence-corrected chi connectivity index (χ4v) is 2.95. The maximum Gasteiger partial charge on any atom is 0.316 e. The Morgan fingerprint density at radius 1 is 1.25 bits per heavy atom. The second kappa shape index (κ2) is 7.45. The van der Waals surface area contributed by atoms with Crippen LogP contribution < -0.4 is 0 Å². The number of aliphatic carboxylic acids is 1. The minimum Gasteiger partial charge on any atom is -0.480 e. The summed E-state index contributed by atoms with van der Waals surface area (Å²) in [5.41, 5.74) is 1.92. The normalized spacial score (nSPS) is 12.1. The molecule has 1 unspecified atom stereocenters. The number of halogens is 1. The van der Waals surface area contributed by atoms with Crippen LogP contribution in [-0.2, 0) is 17.0 Å². The molecule has 1 aromatic heterocycles. The maximum absolute atomic E-state index is 11.3. The van der Waals surface area contributed by atoms with E-state index < -0.39 is 11.2 Å². The Hall–Kier alpha value is -1.33. The van der Waals surface area contributed by atoms with Crippen molar-refractivity contribution in [1.82, 2.24) is 4.98 Å². The van der Waals surface area contributed by atoms with E-state index in [9.17, 15) is 9.90 Å².